The lowest BCUT2D eigenvalue weighted by Gasteiger charge is -2.24. The highest BCUT2D eigenvalue weighted by Gasteiger charge is 2.41. The molecule has 0 radical (unpaired) electrons. The average molecular weight is 260 g/mol. The van der Waals surface area contributed by atoms with E-state index in [0.717, 1.165) is 18.5 Å². The molecule has 0 aromatic heterocycles. The summed E-state index contributed by atoms with van der Waals surface area (Å²) in [4.78, 5) is 25.8. The average Bonchev–Trinajstić information content (AvgIpc) is 2.69. The molecule has 2 amide bonds. The lowest BCUT2D eigenvalue weighted by molar-refractivity contribution is -0.141. The van der Waals surface area contributed by atoms with E-state index in [1.54, 1.807) is 0 Å². The summed E-state index contributed by atoms with van der Waals surface area (Å²) in [6.45, 7) is 4.01. The fraction of sp³-hybridized carbons (Fsp3) is 0.467. The first-order valence-corrected chi connectivity index (χ1v) is 6.84. The number of amides is 2. The van der Waals surface area contributed by atoms with Crippen molar-refractivity contribution in [2.45, 2.75) is 45.2 Å². The molecular weight excluding hydrogens is 240 g/mol. The predicted molar refractivity (Wildman–Crippen MR) is 74.7 cm³/mol. The lowest BCUT2D eigenvalue weighted by Crippen LogP contribution is -2.41. The molecule has 0 saturated carbocycles. The maximum absolute atomic E-state index is 12.3. The van der Waals surface area contributed by atoms with Crippen molar-refractivity contribution in [1.82, 2.24) is 4.90 Å². The quantitative estimate of drug-likeness (QED) is 0.827. The van der Waals surface area contributed by atoms with Crippen LogP contribution in [0.1, 0.15) is 33.1 Å². The molecule has 1 fully saturated rings. The number of benzene rings is 1. The smallest absolute Gasteiger partial charge is 0.252 e. The minimum absolute atomic E-state index is 0.0302. The molecule has 4 nitrogen and oxygen atoms in total. The van der Waals surface area contributed by atoms with Crippen LogP contribution in [0.25, 0.3) is 0 Å². The van der Waals surface area contributed by atoms with Crippen molar-refractivity contribution in [2.75, 3.05) is 5.32 Å². The van der Waals surface area contributed by atoms with E-state index in [1.807, 2.05) is 44.2 Å². The molecule has 1 aliphatic rings. The van der Waals surface area contributed by atoms with E-state index in [1.165, 1.54) is 4.90 Å². The van der Waals surface area contributed by atoms with Gasteiger partial charge in [-0.15, -0.1) is 0 Å². The third-order valence-electron chi connectivity index (χ3n) is 3.61. The van der Waals surface area contributed by atoms with Gasteiger partial charge in [0.25, 0.3) is 5.91 Å². The number of anilines is 1. The summed E-state index contributed by atoms with van der Waals surface area (Å²) in [7, 11) is 0. The molecule has 4 heteroatoms. The number of hydrogen-bond acceptors (Lipinski definition) is 3. The van der Waals surface area contributed by atoms with Crippen LogP contribution in [-0.4, -0.2) is 28.8 Å². The first-order chi connectivity index (χ1) is 9.17. The van der Waals surface area contributed by atoms with Crippen molar-refractivity contribution in [2.24, 2.45) is 0 Å². The molecule has 19 heavy (non-hydrogen) atoms. The van der Waals surface area contributed by atoms with E-state index in [0.29, 0.717) is 0 Å². The molecular formula is C15H20N2O2. The molecule has 1 unspecified atom stereocenters. The molecule has 1 aliphatic heterocycles. The number of likely N-dealkylation sites (tertiary alicyclic amines) is 1. The summed E-state index contributed by atoms with van der Waals surface area (Å²) in [6.07, 6.45) is 1.88. The highest BCUT2D eigenvalue weighted by molar-refractivity contribution is 6.07. The van der Waals surface area contributed by atoms with E-state index in [9.17, 15) is 9.59 Å². The number of rotatable bonds is 5. The molecule has 1 N–H and O–H groups in total. The molecule has 102 valence electrons. The van der Waals surface area contributed by atoms with Crippen molar-refractivity contribution in [3.63, 3.8) is 0 Å². The van der Waals surface area contributed by atoms with Crippen LogP contribution in [0.15, 0.2) is 30.3 Å². The number of hydrogen-bond donors (Lipinski definition) is 1. The van der Waals surface area contributed by atoms with Gasteiger partial charge in [-0.2, -0.15) is 0 Å². The Kier molecular flexibility index (Phi) is 4.20. The zero-order valence-corrected chi connectivity index (χ0v) is 11.4. The van der Waals surface area contributed by atoms with Gasteiger partial charge in [-0.25, -0.2) is 0 Å². The zero-order chi connectivity index (χ0) is 13.8. The van der Waals surface area contributed by atoms with Crippen LogP contribution in [0.4, 0.5) is 5.69 Å². The first kappa shape index (κ1) is 13.6. The van der Waals surface area contributed by atoms with Crippen LogP contribution in [0.5, 0.6) is 0 Å². The molecule has 1 saturated heterocycles. The first-order valence-electron chi connectivity index (χ1n) is 6.84. The fourth-order valence-corrected chi connectivity index (χ4v) is 2.54. The minimum atomic E-state index is -0.421. The van der Waals surface area contributed by atoms with Gasteiger partial charge in [-0.05, 0) is 25.0 Å². The third-order valence-corrected chi connectivity index (χ3v) is 3.61. The second kappa shape index (κ2) is 5.87. The van der Waals surface area contributed by atoms with Crippen LogP contribution < -0.4 is 5.32 Å². The highest BCUT2D eigenvalue weighted by atomic mass is 16.2. The van der Waals surface area contributed by atoms with E-state index >= 15 is 0 Å². The van der Waals surface area contributed by atoms with Crippen molar-refractivity contribution in [3.8, 4) is 0 Å². The summed E-state index contributed by atoms with van der Waals surface area (Å²) in [5.74, 6) is -0.158. The van der Waals surface area contributed by atoms with Crippen molar-refractivity contribution >= 4 is 17.5 Å². The fourth-order valence-electron chi connectivity index (χ4n) is 2.54. The van der Waals surface area contributed by atoms with Crippen LogP contribution in [-0.2, 0) is 9.59 Å². The van der Waals surface area contributed by atoms with Crippen LogP contribution in [0, 0.1) is 0 Å². The Morgan fingerprint density at radius 2 is 1.84 bits per heavy atom. The van der Waals surface area contributed by atoms with E-state index in [4.69, 9.17) is 0 Å². The molecule has 2 rings (SSSR count). The highest BCUT2D eigenvalue weighted by Crippen LogP contribution is 2.22. The molecule has 0 spiro atoms. The third kappa shape index (κ3) is 2.78. The van der Waals surface area contributed by atoms with Crippen molar-refractivity contribution < 1.29 is 9.59 Å². The Morgan fingerprint density at radius 3 is 2.42 bits per heavy atom. The van der Waals surface area contributed by atoms with E-state index in [2.05, 4.69) is 5.32 Å². The largest absolute Gasteiger partial charge is 0.373 e. The minimum Gasteiger partial charge on any atom is -0.373 e. The van der Waals surface area contributed by atoms with Gasteiger partial charge in [-0.1, -0.05) is 32.0 Å². The lowest BCUT2D eigenvalue weighted by atomic mass is 10.1. The molecule has 1 aromatic carbocycles. The Balaban J connectivity index is 2.10. The maximum atomic E-state index is 12.3. The Bertz CT molecular complexity index is 454. The number of para-hydroxylation sites is 1. The summed E-state index contributed by atoms with van der Waals surface area (Å²) >= 11 is 0. The number of nitrogens with zero attached hydrogens (tertiary/aromatic N) is 1. The number of carbonyl (C=O) groups excluding carboxylic acids is 2. The van der Waals surface area contributed by atoms with Gasteiger partial charge in [-0.3, -0.25) is 14.5 Å². The Labute approximate surface area is 113 Å². The van der Waals surface area contributed by atoms with Gasteiger partial charge in [0.2, 0.25) is 5.91 Å². The molecule has 0 bridgehead atoms. The maximum Gasteiger partial charge on any atom is 0.252 e. The zero-order valence-electron chi connectivity index (χ0n) is 11.4. The van der Waals surface area contributed by atoms with E-state index in [-0.39, 0.29) is 24.3 Å². The van der Waals surface area contributed by atoms with Gasteiger partial charge in [0.05, 0.1) is 6.42 Å². The van der Waals surface area contributed by atoms with Gasteiger partial charge in [0, 0.05) is 11.7 Å². The van der Waals surface area contributed by atoms with E-state index < -0.39 is 6.04 Å². The second-order valence-electron chi connectivity index (χ2n) is 4.84. The summed E-state index contributed by atoms with van der Waals surface area (Å²) in [5, 5.41) is 3.14. The normalized spacial score (nSPS) is 19.3. The SMILES string of the molecule is CCC(CC)N1C(=O)CC(Nc2ccccc2)C1=O. The number of nitrogens with one attached hydrogen (secondary N) is 1. The van der Waals surface area contributed by atoms with Gasteiger partial charge in [0.15, 0.2) is 0 Å². The van der Waals surface area contributed by atoms with Crippen LogP contribution in [0.3, 0.4) is 0 Å². The molecule has 1 atom stereocenters. The molecule has 1 heterocycles. The topological polar surface area (TPSA) is 49.4 Å². The Hall–Kier alpha value is -1.84. The van der Waals surface area contributed by atoms with Gasteiger partial charge >= 0.3 is 0 Å². The molecule has 1 aromatic rings. The second-order valence-corrected chi connectivity index (χ2v) is 4.84. The summed E-state index contributed by atoms with van der Waals surface area (Å²) < 4.78 is 0. The van der Waals surface area contributed by atoms with Crippen molar-refractivity contribution in [1.29, 1.82) is 0 Å². The summed E-state index contributed by atoms with van der Waals surface area (Å²) in [5.41, 5.74) is 0.875. The van der Waals surface area contributed by atoms with Gasteiger partial charge in [0.1, 0.15) is 6.04 Å². The predicted octanol–water partition coefficient (Wildman–Crippen LogP) is 2.41. The summed E-state index contributed by atoms with van der Waals surface area (Å²) in [6, 6.07) is 9.14. The van der Waals surface area contributed by atoms with Gasteiger partial charge < -0.3 is 5.32 Å². The number of carbonyl (C=O) groups is 2. The molecule has 0 aliphatic carbocycles. The van der Waals surface area contributed by atoms with Crippen molar-refractivity contribution in [3.05, 3.63) is 30.3 Å². The Morgan fingerprint density at radius 1 is 1.21 bits per heavy atom. The van der Waals surface area contributed by atoms with Crippen LogP contribution in [0.2, 0.25) is 0 Å². The standard InChI is InChI=1S/C15H20N2O2/c1-3-12(4-2)17-14(18)10-13(15(17)19)16-11-8-6-5-7-9-11/h5-9,12-13,16H,3-4,10H2,1-2H3. The van der Waals surface area contributed by atoms with Crippen LogP contribution >= 0.6 is 0 Å². The number of imide groups is 1. The monoisotopic (exact) mass is 260 g/mol.